The molecule has 1 unspecified atom stereocenters. The largest absolute Gasteiger partial charge is 0.467 e. The molecule has 1 rings (SSSR count). The number of rotatable bonds is 8. The lowest BCUT2D eigenvalue weighted by molar-refractivity contribution is -0.149. The zero-order valence-electron chi connectivity index (χ0n) is 11.7. The Kier molecular flexibility index (Phi) is 7.65. The molecular weight excluding hydrogens is 283 g/mol. The fourth-order valence-corrected chi connectivity index (χ4v) is 2.61. The maximum absolute atomic E-state index is 11.7. The van der Waals surface area contributed by atoms with Crippen LogP contribution in [0.25, 0.3) is 0 Å². The molecule has 0 aliphatic rings. The van der Waals surface area contributed by atoms with Crippen molar-refractivity contribution in [3.8, 4) is 0 Å². The number of carbonyl (C=O) groups is 1. The maximum atomic E-state index is 11.7. The third kappa shape index (κ3) is 4.51. The highest BCUT2D eigenvalue weighted by Gasteiger charge is 2.32. The van der Waals surface area contributed by atoms with Crippen LogP contribution in [-0.4, -0.2) is 38.3 Å². The van der Waals surface area contributed by atoms with Gasteiger partial charge < -0.3 is 23.6 Å². The molecule has 0 fully saturated rings. The zero-order chi connectivity index (χ0) is 15.0. The number of ether oxygens (including phenoxy) is 2. The molecular formula is C13H19O6P. The van der Waals surface area contributed by atoms with Crippen molar-refractivity contribution < 1.29 is 28.4 Å². The van der Waals surface area contributed by atoms with E-state index in [1.807, 2.05) is 18.2 Å². The van der Waals surface area contributed by atoms with Gasteiger partial charge in [0.25, 0.3) is 0 Å². The van der Waals surface area contributed by atoms with Gasteiger partial charge in [0.15, 0.2) is 0 Å². The lowest BCUT2D eigenvalue weighted by atomic mass is 10.1. The fourth-order valence-electron chi connectivity index (χ4n) is 1.60. The number of methoxy groups -OCH3 is 1. The van der Waals surface area contributed by atoms with E-state index in [-0.39, 0.29) is 13.2 Å². The third-order valence-electron chi connectivity index (χ3n) is 2.64. The van der Waals surface area contributed by atoms with E-state index < -0.39 is 20.2 Å². The highest BCUT2D eigenvalue weighted by molar-refractivity contribution is 7.49. The predicted octanol–water partition coefficient (Wildman–Crippen LogP) is 1.80. The average molecular weight is 302 g/mol. The minimum Gasteiger partial charge on any atom is -0.467 e. The molecule has 20 heavy (non-hydrogen) atoms. The predicted molar refractivity (Wildman–Crippen MR) is 73.9 cm³/mol. The highest BCUT2D eigenvalue weighted by Crippen LogP contribution is 2.43. The van der Waals surface area contributed by atoms with Crippen LogP contribution in [0, 0.1) is 0 Å². The monoisotopic (exact) mass is 302 g/mol. The van der Waals surface area contributed by atoms with E-state index in [1.165, 1.54) is 21.3 Å². The molecule has 0 aliphatic heterocycles. The lowest BCUT2D eigenvalue weighted by Crippen LogP contribution is -2.25. The molecule has 0 saturated heterocycles. The van der Waals surface area contributed by atoms with Crippen LogP contribution in [0.3, 0.4) is 0 Å². The van der Waals surface area contributed by atoms with E-state index >= 15 is 0 Å². The summed E-state index contributed by atoms with van der Waals surface area (Å²) in [6.07, 6.45) is 0. The van der Waals surface area contributed by atoms with Gasteiger partial charge in [0, 0.05) is 14.2 Å². The lowest BCUT2D eigenvalue weighted by Gasteiger charge is -2.22. The Morgan fingerprint density at radius 2 is 1.80 bits per heavy atom. The summed E-state index contributed by atoms with van der Waals surface area (Å²) >= 11 is 0. The van der Waals surface area contributed by atoms with Gasteiger partial charge in [0.1, 0.15) is 0 Å². The van der Waals surface area contributed by atoms with Crippen molar-refractivity contribution in [2.75, 3.05) is 21.3 Å². The quantitative estimate of drug-likeness (QED) is 0.583. The Balaban J connectivity index is 2.78. The molecule has 112 valence electrons. The number of benzene rings is 1. The first-order valence-electron chi connectivity index (χ1n) is 5.92. The number of aliphatic hydroxyl groups excluding tert-OH is 1. The van der Waals surface area contributed by atoms with Crippen LogP contribution in [-0.2, 0) is 36.5 Å². The first-order valence-corrected chi connectivity index (χ1v) is 7.17. The molecule has 0 amide bonds. The molecule has 1 atom stereocenters. The molecule has 0 radical (unpaired) electrons. The number of aliphatic hydroxyl groups is 1. The van der Waals surface area contributed by atoms with Gasteiger partial charge in [-0.25, -0.2) is 4.79 Å². The normalized spacial score (nSPS) is 12.4. The summed E-state index contributed by atoms with van der Waals surface area (Å²) in [5.74, 6) is -1.49. The first kappa shape index (κ1) is 17.0. The van der Waals surface area contributed by atoms with Crippen LogP contribution in [0.15, 0.2) is 24.3 Å². The van der Waals surface area contributed by atoms with E-state index in [0.717, 1.165) is 11.1 Å². The highest BCUT2D eigenvalue weighted by atomic mass is 31.2. The van der Waals surface area contributed by atoms with Crippen molar-refractivity contribution in [1.29, 1.82) is 0 Å². The second-order valence-electron chi connectivity index (χ2n) is 3.76. The van der Waals surface area contributed by atoms with E-state index in [2.05, 4.69) is 4.74 Å². The molecule has 0 aromatic heterocycles. The molecule has 0 heterocycles. The Morgan fingerprint density at radius 3 is 2.30 bits per heavy atom. The van der Waals surface area contributed by atoms with Gasteiger partial charge in [-0.05, 0) is 11.1 Å². The van der Waals surface area contributed by atoms with Gasteiger partial charge in [-0.1, -0.05) is 24.3 Å². The van der Waals surface area contributed by atoms with Crippen molar-refractivity contribution >= 4 is 14.3 Å². The van der Waals surface area contributed by atoms with Crippen molar-refractivity contribution in [2.45, 2.75) is 19.1 Å². The second-order valence-corrected chi connectivity index (χ2v) is 5.53. The van der Waals surface area contributed by atoms with Crippen LogP contribution in [0.4, 0.5) is 0 Å². The molecule has 1 aromatic carbocycles. The van der Waals surface area contributed by atoms with Crippen molar-refractivity contribution in [1.82, 2.24) is 0 Å². The molecule has 0 aliphatic carbocycles. The molecule has 0 spiro atoms. The van der Waals surface area contributed by atoms with E-state index in [0.29, 0.717) is 0 Å². The molecule has 1 N–H and O–H groups in total. The van der Waals surface area contributed by atoms with Gasteiger partial charge >= 0.3 is 5.97 Å². The van der Waals surface area contributed by atoms with E-state index in [4.69, 9.17) is 13.8 Å². The van der Waals surface area contributed by atoms with Gasteiger partial charge in [0.05, 0.1) is 20.3 Å². The Labute approximate surface area is 119 Å². The molecule has 7 heteroatoms. The Morgan fingerprint density at radius 1 is 1.20 bits per heavy atom. The topological polar surface area (TPSA) is 74.2 Å². The molecule has 0 saturated carbocycles. The number of esters is 1. The van der Waals surface area contributed by atoms with Gasteiger partial charge in [0.2, 0.25) is 14.2 Å². The molecule has 6 nitrogen and oxygen atoms in total. The van der Waals surface area contributed by atoms with E-state index in [9.17, 15) is 9.90 Å². The number of hydrogen-bond acceptors (Lipinski definition) is 6. The summed E-state index contributed by atoms with van der Waals surface area (Å²) in [5, 5.41) is 9.25. The van der Waals surface area contributed by atoms with Crippen LogP contribution >= 0.6 is 8.38 Å². The number of hydrogen-bond donors (Lipinski definition) is 1. The Bertz CT molecular complexity index is 421. The van der Waals surface area contributed by atoms with Crippen LogP contribution in [0.5, 0.6) is 0 Å². The maximum Gasteiger partial charge on any atom is 0.344 e. The van der Waals surface area contributed by atoms with Crippen LogP contribution in [0.1, 0.15) is 11.1 Å². The van der Waals surface area contributed by atoms with E-state index in [1.54, 1.807) is 6.07 Å². The SMILES string of the molecule is COC(=O)C(OCc1ccccc1CO)P(OC)OC. The molecule has 1 aromatic rings. The Hall–Kier alpha value is -1.04. The van der Waals surface area contributed by atoms with Crippen molar-refractivity contribution in [2.24, 2.45) is 0 Å². The fraction of sp³-hybridized carbons (Fsp3) is 0.462. The van der Waals surface area contributed by atoms with Crippen LogP contribution in [0.2, 0.25) is 0 Å². The first-order chi connectivity index (χ1) is 9.67. The summed E-state index contributed by atoms with van der Waals surface area (Å²) in [6.45, 7) is 0.0633. The zero-order valence-corrected chi connectivity index (χ0v) is 12.6. The second kappa shape index (κ2) is 9.00. The van der Waals surface area contributed by atoms with Gasteiger partial charge in [-0.15, -0.1) is 0 Å². The van der Waals surface area contributed by atoms with Gasteiger partial charge in [-0.3, -0.25) is 0 Å². The minimum atomic E-state index is -1.53. The van der Waals surface area contributed by atoms with Crippen LogP contribution < -0.4 is 0 Å². The van der Waals surface area contributed by atoms with Crippen molar-refractivity contribution in [3.63, 3.8) is 0 Å². The number of carbonyl (C=O) groups excluding carboxylic acids is 1. The summed E-state index contributed by atoms with van der Waals surface area (Å²) in [6, 6.07) is 7.27. The third-order valence-corrected chi connectivity index (χ3v) is 4.10. The van der Waals surface area contributed by atoms with Crippen molar-refractivity contribution in [3.05, 3.63) is 35.4 Å². The average Bonchev–Trinajstić information content (AvgIpc) is 2.51. The summed E-state index contributed by atoms with van der Waals surface area (Å²) < 4.78 is 20.4. The minimum absolute atomic E-state index is 0.0915. The summed E-state index contributed by atoms with van der Waals surface area (Å²) in [4.78, 5) is 11.7. The molecule has 0 bridgehead atoms. The standard InChI is InChI=1S/C13H19O6P/c1-16-12(15)13(20(17-2)18-3)19-9-11-7-5-4-6-10(11)8-14/h4-7,13-14H,8-9H2,1-3H3. The summed E-state index contributed by atoms with van der Waals surface area (Å²) in [5.41, 5.74) is 1.54. The smallest absolute Gasteiger partial charge is 0.344 e. The van der Waals surface area contributed by atoms with Gasteiger partial charge in [-0.2, -0.15) is 0 Å². The summed E-state index contributed by atoms with van der Waals surface area (Å²) in [7, 11) is 2.62.